The van der Waals surface area contributed by atoms with Gasteiger partial charge in [-0.05, 0) is 11.6 Å². The van der Waals surface area contributed by atoms with E-state index in [1.165, 1.54) is 6.07 Å². The summed E-state index contributed by atoms with van der Waals surface area (Å²) < 4.78 is 68.2. The van der Waals surface area contributed by atoms with Crippen LogP contribution in [0, 0.1) is 0 Å². The topological polar surface area (TPSA) is 83.4 Å². The molecule has 0 saturated heterocycles. The molecular formula is C16H12F6N2O3. The largest absolute Gasteiger partial charge is 0.542 e. The third-order valence-electron chi connectivity index (χ3n) is 2.89. The normalized spacial score (nSPS) is 11.2. The van der Waals surface area contributed by atoms with E-state index >= 15 is 0 Å². The number of hydrogen-bond donors (Lipinski definition) is 1. The number of hydrogen-bond acceptors (Lipinski definition) is 4. The maximum absolute atomic E-state index is 12.2. The van der Waals surface area contributed by atoms with Gasteiger partial charge in [0.05, 0.1) is 11.8 Å². The Labute approximate surface area is 148 Å². The van der Waals surface area contributed by atoms with Crippen LogP contribution in [0.2, 0.25) is 0 Å². The molecule has 0 fully saturated rings. The molecule has 0 atom stereocenters. The van der Waals surface area contributed by atoms with E-state index in [4.69, 9.17) is 9.90 Å². The van der Waals surface area contributed by atoms with Crippen LogP contribution in [-0.4, -0.2) is 24.1 Å². The lowest BCUT2D eigenvalue weighted by Crippen LogP contribution is -2.37. The summed E-state index contributed by atoms with van der Waals surface area (Å²) in [5.74, 6) is -4.33. The van der Waals surface area contributed by atoms with Gasteiger partial charge in [0.2, 0.25) is 0 Å². The van der Waals surface area contributed by atoms with Gasteiger partial charge in [-0.25, -0.2) is 4.98 Å². The first-order valence-corrected chi connectivity index (χ1v) is 7.10. The molecule has 0 bridgehead atoms. The number of carbonyl (C=O) groups is 2. The Kier molecular flexibility index (Phi) is 7.32. The van der Waals surface area contributed by atoms with Crippen LogP contribution in [0.5, 0.6) is 0 Å². The number of aromatic amines is 1. The van der Waals surface area contributed by atoms with Crippen LogP contribution in [0.15, 0.2) is 48.7 Å². The van der Waals surface area contributed by atoms with Crippen LogP contribution in [0.3, 0.4) is 0 Å². The van der Waals surface area contributed by atoms with Crippen molar-refractivity contribution in [3.05, 3.63) is 59.8 Å². The van der Waals surface area contributed by atoms with Gasteiger partial charge in [0.15, 0.2) is 0 Å². The first kappa shape index (κ1) is 21.9. The molecule has 27 heavy (non-hydrogen) atoms. The van der Waals surface area contributed by atoms with Crippen LogP contribution in [0.4, 0.5) is 32.2 Å². The molecule has 0 unspecified atom stereocenters. The average molecular weight is 394 g/mol. The molecule has 1 heterocycles. The molecule has 0 aliphatic rings. The van der Waals surface area contributed by atoms with Gasteiger partial charge >= 0.3 is 12.4 Å². The Morgan fingerprint density at radius 3 is 1.89 bits per heavy atom. The number of aromatic nitrogens is 1. The first-order chi connectivity index (χ1) is 12.4. The molecule has 1 aromatic carbocycles. The van der Waals surface area contributed by atoms with E-state index in [1.54, 1.807) is 0 Å². The third kappa shape index (κ3) is 7.75. The number of nitrogens with one attached hydrogen (secondary N) is 2. The van der Waals surface area contributed by atoms with E-state index in [2.05, 4.69) is 10.3 Å². The molecule has 2 N–H and O–H groups in total. The van der Waals surface area contributed by atoms with Crippen molar-refractivity contribution in [3.63, 3.8) is 0 Å². The molecule has 146 valence electrons. The van der Waals surface area contributed by atoms with Gasteiger partial charge in [0.1, 0.15) is 12.5 Å². The maximum Gasteiger partial charge on any atom is 0.455 e. The van der Waals surface area contributed by atoms with Crippen LogP contribution >= 0.6 is 0 Å². The van der Waals surface area contributed by atoms with Gasteiger partial charge in [-0.3, -0.25) is 10.1 Å². The van der Waals surface area contributed by atoms with Gasteiger partial charge in [-0.1, -0.05) is 30.3 Å². The number of halogens is 6. The van der Waals surface area contributed by atoms with E-state index in [-0.39, 0.29) is 0 Å². The maximum atomic E-state index is 12.2. The highest BCUT2D eigenvalue weighted by atomic mass is 19.4. The highest BCUT2D eigenvalue weighted by molar-refractivity contribution is 5.99. The molecular weight excluding hydrogens is 382 g/mol. The van der Waals surface area contributed by atoms with Gasteiger partial charge in [-0.2, -0.15) is 26.3 Å². The zero-order chi connectivity index (χ0) is 20.7. The number of carboxylic acid groups (broad SMARTS) is 1. The fraction of sp³-hybridized carbons (Fsp3) is 0.188. The van der Waals surface area contributed by atoms with Gasteiger partial charge < -0.3 is 9.90 Å². The number of ketones is 1. The van der Waals surface area contributed by atoms with Gasteiger partial charge in [0.25, 0.3) is 11.6 Å². The lowest BCUT2D eigenvalue weighted by Gasteiger charge is -2.04. The van der Waals surface area contributed by atoms with Crippen LogP contribution in [-0.2, 0) is 11.3 Å². The first-order valence-electron chi connectivity index (χ1n) is 7.10. The van der Waals surface area contributed by atoms with Crippen molar-refractivity contribution in [2.75, 3.05) is 5.32 Å². The summed E-state index contributed by atoms with van der Waals surface area (Å²) in [5.41, 5.74) is 0.624. The lowest BCUT2D eigenvalue weighted by molar-refractivity contribution is -0.361. The molecule has 11 heteroatoms. The van der Waals surface area contributed by atoms with E-state index < -0.39 is 29.7 Å². The zero-order valence-electron chi connectivity index (χ0n) is 13.3. The number of pyridine rings is 1. The fourth-order valence-electron chi connectivity index (χ4n) is 1.63. The Bertz CT molecular complexity index is 758. The molecule has 1 aromatic heterocycles. The highest BCUT2D eigenvalue weighted by Crippen LogP contribution is 2.20. The summed E-state index contributed by atoms with van der Waals surface area (Å²) >= 11 is 0. The summed E-state index contributed by atoms with van der Waals surface area (Å²) in [6, 6.07) is 12.1. The standard InChI is InChI=1S/C14H11F3N2O.C2HF3O2/c15-14(16,17)13(20)11-6-7-12(19-9-11)18-8-10-4-2-1-3-5-10;3-2(4,5)1(6)7/h1-7,9H,8H2,(H,18,19);(H,6,7). The third-order valence-corrected chi connectivity index (χ3v) is 2.89. The van der Waals surface area contributed by atoms with E-state index in [0.29, 0.717) is 12.4 Å². The summed E-state index contributed by atoms with van der Waals surface area (Å²) in [6.07, 6.45) is -9.00. The number of carboxylic acids is 1. The minimum Gasteiger partial charge on any atom is -0.542 e. The van der Waals surface area contributed by atoms with E-state index in [0.717, 1.165) is 17.8 Å². The number of benzene rings is 1. The van der Waals surface area contributed by atoms with Crippen molar-refractivity contribution in [2.45, 2.75) is 18.9 Å². The Morgan fingerprint density at radius 2 is 1.48 bits per heavy atom. The zero-order valence-corrected chi connectivity index (χ0v) is 13.3. The average Bonchev–Trinajstić information content (AvgIpc) is 2.59. The molecule has 2 aromatic rings. The predicted molar refractivity (Wildman–Crippen MR) is 78.2 cm³/mol. The van der Waals surface area contributed by atoms with Crippen molar-refractivity contribution < 1.29 is 46.0 Å². The number of Topliss-reactive ketones (excluding diaryl/α,β-unsaturated/α-hetero) is 1. The van der Waals surface area contributed by atoms with Crippen molar-refractivity contribution in [2.24, 2.45) is 0 Å². The molecule has 0 spiro atoms. The van der Waals surface area contributed by atoms with Gasteiger partial charge in [0, 0.05) is 6.07 Å². The summed E-state index contributed by atoms with van der Waals surface area (Å²) in [6.45, 7) is 0.532. The number of rotatable bonds is 4. The van der Waals surface area contributed by atoms with Crippen LogP contribution < -0.4 is 15.4 Å². The highest BCUT2D eigenvalue weighted by Gasteiger charge is 2.39. The van der Waals surface area contributed by atoms with Crippen LogP contribution in [0.25, 0.3) is 0 Å². The Balaban J connectivity index is 0.000000445. The molecule has 0 amide bonds. The minimum atomic E-state index is -5.19. The summed E-state index contributed by atoms with van der Waals surface area (Å²) in [4.78, 5) is 22.4. The fourth-order valence-corrected chi connectivity index (χ4v) is 1.63. The predicted octanol–water partition coefficient (Wildman–Crippen LogP) is 2.16. The second-order valence-corrected chi connectivity index (χ2v) is 4.94. The molecule has 2 rings (SSSR count). The second kappa shape index (κ2) is 9.01. The number of alkyl halides is 6. The quantitative estimate of drug-likeness (QED) is 0.637. The van der Waals surface area contributed by atoms with E-state index in [1.807, 2.05) is 30.3 Å². The monoisotopic (exact) mass is 394 g/mol. The minimum absolute atomic E-state index is 0.414. The molecule has 0 aliphatic heterocycles. The van der Waals surface area contributed by atoms with E-state index in [9.17, 15) is 31.1 Å². The van der Waals surface area contributed by atoms with Crippen molar-refractivity contribution in [3.8, 4) is 0 Å². The number of H-pyrrole nitrogens is 1. The summed E-state index contributed by atoms with van der Waals surface area (Å²) in [5, 5.41) is 11.8. The van der Waals surface area contributed by atoms with Crippen molar-refractivity contribution in [1.29, 1.82) is 0 Å². The van der Waals surface area contributed by atoms with Crippen molar-refractivity contribution in [1.82, 2.24) is 0 Å². The number of carbonyl (C=O) groups excluding carboxylic acids is 2. The number of anilines is 1. The van der Waals surface area contributed by atoms with Gasteiger partial charge in [-0.15, -0.1) is 0 Å². The smallest absolute Gasteiger partial charge is 0.455 e. The molecule has 5 nitrogen and oxygen atoms in total. The molecule has 0 radical (unpaired) electrons. The molecule has 0 aliphatic carbocycles. The number of aliphatic carboxylic acids is 1. The van der Waals surface area contributed by atoms with Crippen molar-refractivity contribution >= 4 is 17.6 Å². The Hall–Kier alpha value is -3.11. The van der Waals surface area contributed by atoms with Crippen LogP contribution in [0.1, 0.15) is 15.9 Å². The lowest BCUT2D eigenvalue weighted by atomic mass is 10.2. The second-order valence-electron chi connectivity index (χ2n) is 4.94. The summed E-state index contributed by atoms with van der Waals surface area (Å²) in [7, 11) is 0. The molecule has 0 saturated carbocycles. The Morgan fingerprint density at radius 1 is 0.926 bits per heavy atom. The SMILES string of the molecule is O=C([O-])C(F)(F)F.O=C(c1ccc(NCc2ccccc2)[nH+]c1)C(F)(F)F.